The van der Waals surface area contributed by atoms with Crippen molar-refractivity contribution in [1.82, 2.24) is 5.23 Å². The van der Waals surface area contributed by atoms with Gasteiger partial charge in [0.1, 0.15) is 0 Å². The number of rotatable bonds is 4. The van der Waals surface area contributed by atoms with Gasteiger partial charge >= 0.3 is 0 Å². The summed E-state index contributed by atoms with van der Waals surface area (Å²) in [4.78, 5) is 6.01. The molecule has 0 radical (unpaired) electrons. The Morgan fingerprint density at radius 3 is 2.39 bits per heavy atom. The molecule has 1 aromatic carbocycles. The van der Waals surface area contributed by atoms with Crippen LogP contribution in [0.2, 0.25) is 24.7 Å². The number of hydroxylamine groups is 2. The minimum atomic E-state index is -1.83. The maximum absolute atomic E-state index is 6.13. The second-order valence-electron chi connectivity index (χ2n) is 6.91. The van der Waals surface area contributed by atoms with E-state index in [2.05, 4.69) is 19.6 Å². The highest BCUT2D eigenvalue weighted by atomic mass is 35.5. The van der Waals surface area contributed by atoms with Crippen molar-refractivity contribution in [3.63, 3.8) is 0 Å². The number of hydrogen-bond donors (Lipinski definition) is 0. The lowest BCUT2D eigenvalue weighted by atomic mass is 9.88. The van der Waals surface area contributed by atoms with Crippen molar-refractivity contribution < 1.29 is 14.1 Å². The summed E-state index contributed by atoms with van der Waals surface area (Å²) in [5.74, 6) is -0.622. The van der Waals surface area contributed by atoms with Crippen molar-refractivity contribution in [1.29, 1.82) is 0 Å². The summed E-state index contributed by atoms with van der Waals surface area (Å²) in [5.41, 5.74) is 2.16. The molecule has 1 aliphatic rings. The highest BCUT2D eigenvalue weighted by molar-refractivity contribution is 6.69. The first kappa shape index (κ1) is 18.5. The summed E-state index contributed by atoms with van der Waals surface area (Å²) in [5, 5.41) is 2.30. The van der Waals surface area contributed by atoms with Gasteiger partial charge in [0.2, 0.25) is 8.32 Å². The van der Waals surface area contributed by atoms with Crippen molar-refractivity contribution >= 4 is 19.9 Å². The maximum Gasteiger partial charge on any atom is 0.223 e. The van der Waals surface area contributed by atoms with Crippen molar-refractivity contribution in [2.24, 2.45) is 0 Å². The normalized spacial score (nSPS) is 27.5. The summed E-state index contributed by atoms with van der Waals surface area (Å²) in [6.45, 7) is 10.3. The van der Waals surface area contributed by atoms with Gasteiger partial charge in [-0.2, -0.15) is 0 Å². The fraction of sp³-hybridized carbons (Fsp3) is 0.529. The molecule has 1 heterocycles. The summed E-state index contributed by atoms with van der Waals surface area (Å²) in [7, 11) is -0.175. The number of hydrogen-bond acceptors (Lipinski definition) is 4. The van der Waals surface area contributed by atoms with Gasteiger partial charge in [-0.1, -0.05) is 29.8 Å². The van der Waals surface area contributed by atoms with Crippen LogP contribution in [0.15, 0.2) is 36.0 Å². The Balaban J connectivity index is 2.40. The van der Waals surface area contributed by atoms with Gasteiger partial charge in [0.25, 0.3) is 0 Å². The molecule has 0 amide bonds. The minimum absolute atomic E-state index is 0.118. The van der Waals surface area contributed by atoms with Gasteiger partial charge < -0.3 is 4.74 Å². The third kappa shape index (κ3) is 4.58. The van der Waals surface area contributed by atoms with Gasteiger partial charge in [-0.3, -0.25) is 4.53 Å². The molecular formula is C17H26ClNO3Si. The topological polar surface area (TPSA) is 30.9 Å². The van der Waals surface area contributed by atoms with Crippen LogP contribution < -0.4 is 0 Å². The summed E-state index contributed by atoms with van der Waals surface area (Å²) >= 11 is 6.03. The van der Waals surface area contributed by atoms with Gasteiger partial charge in [-0.15, -0.1) is 5.23 Å². The van der Waals surface area contributed by atoms with Crippen molar-refractivity contribution in [2.45, 2.75) is 51.6 Å². The van der Waals surface area contributed by atoms with Crippen LogP contribution in [-0.4, -0.2) is 26.4 Å². The zero-order chi connectivity index (χ0) is 17.3. The van der Waals surface area contributed by atoms with E-state index in [0.717, 1.165) is 10.7 Å². The lowest BCUT2D eigenvalue weighted by Gasteiger charge is -2.45. The molecule has 0 aromatic heterocycles. The maximum atomic E-state index is 6.13. The fourth-order valence-corrected chi connectivity index (χ4v) is 3.37. The monoisotopic (exact) mass is 355 g/mol. The Kier molecular flexibility index (Phi) is 5.58. The molecule has 0 bridgehead atoms. The first-order valence-corrected chi connectivity index (χ1v) is 11.6. The van der Waals surface area contributed by atoms with Crippen LogP contribution in [0, 0.1) is 0 Å². The molecule has 2 rings (SSSR count). The van der Waals surface area contributed by atoms with Crippen LogP contribution in [0.1, 0.15) is 31.7 Å². The van der Waals surface area contributed by atoms with E-state index >= 15 is 0 Å². The van der Waals surface area contributed by atoms with E-state index in [4.69, 9.17) is 25.7 Å². The largest absolute Gasteiger partial charge is 0.351 e. The second-order valence-corrected chi connectivity index (χ2v) is 11.8. The van der Waals surface area contributed by atoms with E-state index in [1.54, 1.807) is 12.3 Å². The molecule has 0 saturated carbocycles. The molecule has 0 unspecified atom stereocenters. The Morgan fingerprint density at radius 2 is 1.91 bits per heavy atom. The van der Waals surface area contributed by atoms with Crippen molar-refractivity contribution in [3.8, 4) is 0 Å². The molecular weight excluding hydrogens is 330 g/mol. The molecule has 0 spiro atoms. The molecule has 1 aliphatic heterocycles. The predicted molar refractivity (Wildman–Crippen MR) is 95.3 cm³/mol. The number of nitrogens with zero attached hydrogens (tertiary/aromatic N) is 1. The highest BCUT2D eigenvalue weighted by Crippen LogP contribution is 2.43. The van der Waals surface area contributed by atoms with Gasteiger partial charge in [0, 0.05) is 24.5 Å². The van der Waals surface area contributed by atoms with E-state index in [0.29, 0.717) is 6.42 Å². The minimum Gasteiger partial charge on any atom is -0.351 e. The lowest BCUT2D eigenvalue weighted by molar-refractivity contribution is -0.422. The molecule has 23 heavy (non-hydrogen) atoms. The molecule has 0 aliphatic carbocycles. The number of benzene rings is 1. The van der Waals surface area contributed by atoms with E-state index in [1.807, 2.05) is 44.2 Å². The Morgan fingerprint density at radius 1 is 1.30 bits per heavy atom. The Hall–Kier alpha value is -0.853. The van der Waals surface area contributed by atoms with Gasteiger partial charge in [-0.05, 0) is 51.2 Å². The van der Waals surface area contributed by atoms with E-state index in [9.17, 15) is 0 Å². The average Bonchev–Trinajstić information content (AvgIpc) is 2.46. The smallest absolute Gasteiger partial charge is 0.223 e. The van der Waals surface area contributed by atoms with Gasteiger partial charge in [0.15, 0.2) is 5.79 Å². The Bertz CT molecular complexity index is 570. The number of ether oxygens (including phenoxy) is 1. The third-order valence-electron chi connectivity index (χ3n) is 3.78. The van der Waals surface area contributed by atoms with Crippen molar-refractivity contribution in [2.75, 3.05) is 7.11 Å². The number of allylic oxidation sites excluding steroid dienone is 2. The summed E-state index contributed by atoms with van der Waals surface area (Å²) < 4.78 is 11.7. The molecule has 1 aromatic rings. The van der Waals surface area contributed by atoms with Crippen LogP contribution in [0.5, 0.6) is 0 Å². The van der Waals surface area contributed by atoms with E-state index in [1.165, 1.54) is 5.56 Å². The SMILES string of the molecule is C/C=C1\[C@H](c2ccc(Cl)cc2)C[C@@](C)(OC)ON1O[Si](C)(C)C. The van der Waals surface area contributed by atoms with Crippen LogP contribution in [0.4, 0.5) is 0 Å². The second kappa shape index (κ2) is 6.95. The standard InChI is InChI=1S/C17H26ClNO3Si/c1-7-16-15(13-8-10-14(18)11-9-13)12-17(2,20-3)21-19(16)22-23(4,5)6/h7-11,15H,12H2,1-6H3/b16-7+/t15-,17-/m0/s1. The van der Waals surface area contributed by atoms with Crippen LogP contribution in [-0.2, 0) is 14.1 Å². The highest BCUT2D eigenvalue weighted by Gasteiger charge is 2.43. The van der Waals surface area contributed by atoms with Crippen LogP contribution in [0.25, 0.3) is 0 Å². The molecule has 4 nitrogen and oxygen atoms in total. The first-order valence-electron chi connectivity index (χ1n) is 7.82. The Labute approximate surface area is 145 Å². The van der Waals surface area contributed by atoms with Crippen LogP contribution in [0.3, 0.4) is 0 Å². The fourth-order valence-electron chi connectivity index (χ4n) is 2.60. The molecule has 2 atom stereocenters. The number of halogens is 1. The molecule has 1 saturated heterocycles. The first-order chi connectivity index (χ1) is 10.7. The predicted octanol–water partition coefficient (Wildman–Crippen LogP) is 5.09. The van der Waals surface area contributed by atoms with E-state index in [-0.39, 0.29) is 5.92 Å². The van der Waals surface area contributed by atoms with Gasteiger partial charge in [-0.25, -0.2) is 4.84 Å². The quantitative estimate of drug-likeness (QED) is 0.703. The number of methoxy groups -OCH3 is 1. The van der Waals surface area contributed by atoms with Crippen LogP contribution >= 0.6 is 11.6 Å². The zero-order valence-corrected chi connectivity index (χ0v) is 16.5. The average molecular weight is 356 g/mol. The molecule has 1 fully saturated rings. The molecule has 128 valence electrons. The molecule has 0 N–H and O–H groups in total. The third-order valence-corrected chi connectivity index (χ3v) is 4.74. The zero-order valence-electron chi connectivity index (χ0n) is 14.7. The van der Waals surface area contributed by atoms with Gasteiger partial charge in [0.05, 0.1) is 5.70 Å². The lowest BCUT2D eigenvalue weighted by Crippen LogP contribution is -2.50. The summed E-state index contributed by atoms with van der Waals surface area (Å²) in [6.07, 6.45) is 2.74. The van der Waals surface area contributed by atoms with Crippen molar-refractivity contribution in [3.05, 3.63) is 46.6 Å². The molecule has 6 heteroatoms. The van der Waals surface area contributed by atoms with E-state index < -0.39 is 14.1 Å². The summed E-state index contributed by atoms with van der Waals surface area (Å²) in [6, 6.07) is 7.91.